The third-order valence-electron chi connectivity index (χ3n) is 3.80. The van der Waals surface area contributed by atoms with Crippen LogP contribution in [0, 0.1) is 0 Å². The first-order chi connectivity index (χ1) is 9.70. The first kappa shape index (κ1) is 15.9. The summed E-state index contributed by atoms with van der Waals surface area (Å²) < 4.78 is 25.6. The fraction of sp³-hybridized carbons (Fsp3) is 0.500. The molecule has 1 aromatic rings. The molecule has 1 fully saturated rings. The van der Waals surface area contributed by atoms with Crippen molar-refractivity contribution < 1.29 is 23.4 Å². The van der Waals surface area contributed by atoms with Crippen LogP contribution < -0.4 is 0 Å². The van der Waals surface area contributed by atoms with Gasteiger partial charge < -0.3 is 10.2 Å². The van der Waals surface area contributed by atoms with E-state index in [-0.39, 0.29) is 11.4 Å². The van der Waals surface area contributed by atoms with Crippen molar-refractivity contribution in [1.29, 1.82) is 0 Å². The number of carboxylic acids is 1. The van der Waals surface area contributed by atoms with Gasteiger partial charge in [-0.3, -0.25) is 4.79 Å². The summed E-state index contributed by atoms with van der Waals surface area (Å²) in [5.41, 5.74) is -0.208. The second-order valence-corrected chi connectivity index (χ2v) is 7.59. The molecule has 2 rings (SSSR count). The summed E-state index contributed by atoms with van der Waals surface area (Å²) in [6.07, 6.45) is 0.401. The molecule has 1 unspecified atom stereocenters. The minimum Gasteiger partial charge on any atom is -0.481 e. The number of aliphatic hydroxyl groups is 1. The van der Waals surface area contributed by atoms with Crippen LogP contribution in [0.3, 0.4) is 0 Å². The molecule has 21 heavy (non-hydrogen) atoms. The van der Waals surface area contributed by atoms with Gasteiger partial charge in [0, 0.05) is 13.6 Å². The third kappa shape index (κ3) is 2.95. The van der Waals surface area contributed by atoms with Gasteiger partial charge in [0.2, 0.25) is 10.0 Å². The highest BCUT2D eigenvalue weighted by molar-refractivity contribution is 7.89. The number of aliphatic carboxylic acids is 1. The Labute approximate surface area is 124 Å². The Kier molecular flexibility index (Phi) is 4.10. The Morgan fingerprint density at radius 2 is 1.86 bits per heavy atom. The second kappa shape index (κ2) is 5.40. The Morgan fingerprint density at radius 3 is 2.24 bits per heavy atom. The number of hydrogen-bond donors (Lipinski definition) is 2. The molecule has 1 aromatic carbocycles. The van der Waals surface area contributed by atoms with E-state index in [1.807, 2.05) is 0 Å². The fourth-order valence-corrected chi connectivity index (χ4v) is 3.60. The molecule has 6 nitrogen and oxygen atoms in total. The lowest BCUT2D eigenvalue weighted by atomic mass is 9.96. The molecule has 1 atom stereocenters. The maximum absolute atomic E-state index is 12.3. The average molecular weight is 313 g/mol. The van der Waals surface area contributed by atoms with Crippen LogP contribution in [0.15, 0.2) is 29.2 Å². The van der Waals surface area contributed by atoms with Gasteiger partial charge in [0.15, 0.2) is 0 Å². The molecule has 7 heteroatoms. The van der Waals surface area contributed by atoms with Crippen LogP contribution in [0.4, 0.5) is 0 Å². The van der Waals surface area contributed by atoms with Gasteiger partial charge in [-0.15, -0.1) is 0 Å². The van der Waals surface area contributed by atoms with Gasteiger partial charge in [-0.2, -0.15) is 4.31 Å². The molecule has 0 aliphatic heterocycles. The van der Waals surface area contributed by atoms with Crippen LogP contribution in [0.1, 0.15) is 25.3 Å². The van der Waals surface area contributed by atoms with Gasteiger partial charge in [0.1, 0.15) is 0 Å². The van der Waals surface area contributed by atoms with Gasteiger partial charge >= 0.3 is 5.97 Å². The van der Waals surface area contributed by atoms with Gasteiger partial charge in [0.05, 0.1) is 16.4 Å². The Morgan fingerprint density at radius 1 is 1.33 bits per heavy atom. The fourth-order valence-electron chi connectivity index (χ4n) is 2.35. The summed E-state index contributed by atoms with van der Waals surface area (Å²) in [5.74, 6) is -0.871. The lowest BCUT2D eigenvalue weighted by Gasteiger charge is -2.19. The smallest absolute Gasteiger partial charge is 0.314 e. The number of carbonyl (C=O) groups is 1. The van der Waals surface area contributed by atoms with Crippen molar-refractivity contribution in [3.05, 3.63) is 29.8 Å². The summed E-state index contributed by atoms with van der Waals surface area (Å²) in [6.45, 7) is 1.52. The lowest BCUT2D eigenvalue weighted by Crippen LogP contribution is -2.33. The van der Waals surface area contributed by atoms with E-state index in [9.17, 15) is 23.4 Å². The quantitative estimate of drug-likeness (QED) is 0.810. The van der Waals surface area contributed by atoms with Crippen molar-refractivity contribution in [2.24, 2.45) is 0 Å². The first-order valence-electron chi connectivity index (χ1n) is 6.68. The molecule has 1 saturated carbocycles. The first-order valence-corrected chi connectivity index (χ1v) is 8.12. The Balaban J connectivity index is 2.25. The van der Waals surface area contributed by atoms with Crippen LogP contribution in [0.2, 0.25) is 0 Å². The summed E-state index contributed by atoms with van der Waals surface area (Å²) in [6, 6.07) is 5.97. The van der Waals surface area contributed by atoms with E-state index in [0.29, 0.717) is 18.4 Å². The van der Waals surface area contributed by atoms with Gasteiger partial charge in [-0.05, 0) is 37.5 Å². The van der Waals surface area contributed by atoms with Crippen LogP contribution in [-0.4, -0.2) is 48.6 Å². The minimum atomic E-state index is -3.67. The average Bonchev–Trinajstić information content (AvgIpc) is 3.19. The van der Waals surface area contributed by atoms with Crippen molar-refractivity contribution in [1.82, 2.24) is 4.31 Å². The van der Waals surface area contributed by atoms with E-state index in [1.165, 1.54) is 26.1 Å². The number of aliphatic hydroxyl groups excluding tert-OH is 1. The SMILES string of the molecule is CC(O)CN(C)S(=O)(=O)c1ccc(C2(C(=O)O)CC2)cc1. The van der Waals surface area contributed by atoms with Crippen molar-refractivity contribution in [3.8, 4) is 0 Å². The summed E-state index contributed by atoms with van der Waals surface area (Å²) in [4.78, 5) is 11.3. The molecule has 116 valence electrons. The van der Waals surface area contributed by atoms with E-state index in [0.717, 1.165) is 4.31 Å². The van der Waals surface area contributed by atoms with Crippen LogP contribution in [0.25, 0.3) is 0 Å². The van der Waals surface area contributed by atoms with Crippen molar-refractivity contribution in [2.75, 3.05) is 13.6 Å². The monoisotopic (exact) mass is 313 g/mol. The zero-order chi connectivity index (χ0) is 15.8. The predicted molar refractivity (Wildman–Crippen MR) is 76.5 cm³/mol. The third-order valence-corrected chi connectivity index (χ3v) is 5.63. The van der Waals surface area contributed by atoms with Crippen molar-refractivity contribution >= 4 is 16.0 Å². The molecule has 1 aliphatic rings. The Bertz CT molecular complexity index is 632. The second-order valence-electron chi connectivity index (χ2n) is 5.55. The standard InChI is InChI=1S/C14H19NO5S/c1-10(16)9-15(2)21(19,20)12-5-3-11(4-6-12)14(7-8-14)13(17)18/h3-6,10,16H,7-9H2,1-2H3,(H,17,18). The van der Waals surface area contributed by atoms with Gasteiger partial charge in [0.25, 0.3) is 0 Å². The normalized spacial score (nSPS) is 18.5. The molecule has 0 heterocycles. The number of benzene rings is 1. The molecule has 2 N–H and O–H groups in total. The molecular formula is C14H19NO5S. The number of carboxylic acid groups (broad SMARTS) is 1. The molecular weight excluding hydrogens is 294 g/mol. The van der Waals surface area contributed by atoms with Crippen molar-refractivity contribution in [3.63, 3.8) is 0 Å². The van der Waals surface area contributed by atoms with Gasteiger partial charge in [-0.25, -0.2) is 8.42 Å². The molecule has 0 bridgehead atoms. The van der Waals surface area contributed by atoms with E-state index in [2.05, 4.69) is 0 Å². The summed E-state index contributed by atoms with van der Waals surface area (Å²) >= 11 is 0. The molecule has 0 spiro atoms. The molecule has 0 saturated heterocycles. The largest absolute Gasteiger partial charge is 0.481 e. The number of sulfonamides is 1. The number of hydrogen-bond acceptors (Lipinski definition) is 4. The number of nitrogens with zero attached hydrogens (tertiary/aromatic N) is 1. The number of likely N-dealkylation sites (N-methyl/N-ethyl adjacent to an activating group) is 1. The maximum atomic E-state index is 12.3. The number of rotatable bonds is 6. The highest BCUT2D eigenvalue weighted by Crippen LogP contribution is 2.48. The molecule has 0 amide bonds. The zero-order valence-corrected chi connectivity index (χ0v) is 12.8. The zero-order valence-electron chi connectivity index (χ0n) is 12.0. The van der Waals surface area contributed by atoms with E-state index in [4.69, 9.17) is 0 Å². The molecule has 0 aromatic heterocycles. The van der Waals surface area contributed by atoms with E-state index in [1.54, 1.807) is 12.1 Å². The Hall–Kier alpha value is -1.44. The van der Waals surface area contributed by atoms with E-state index >= 15 is 0 Å². The van der Waals surface area contributed by atoms with Crippen LogP contribution >= 0.6 is 0 Å². The highest BCUT2D eigenvalue weighted by Gasteiger charge is 2.51. The van der Waals surface area contributed by atoms with Crippen LogP contribution in [0.5, 0.6) is 0 Å². The molecule has 1 aliphatic carbocycles. The minimum absolute atomic E-state index is 0.00312. The van der Waals surface area contributed by atoms with Crippen LogP contribution in [-0.2, 0) is 20.2 Å². The maximum Gasteiger partial charge on any atom is 0.314 e. The summed E-state index contributed by atoms with van der Waals surface area (Å²) in [7, 11) is -2.27. The lowest BCUT2D eigenvalue weighted by molar-refractivity contribution is -0.140. The molecule has 0 radical (unpaired) electrons. The van der Waals surface area contributed by atoms with E-state index < -0.39 is 27.5 Å². The topological polar surface area (TPSA) is 94.9 Å². The summed E-state index contributed by atoms with van der Waals surface area (Å²) in [5, 5.41) is 18.5. The highest BCUT2D eigenvalue weighted by atomic mass is 32.2. The predicted octanol–water partition coefficient (Wildman–Crippen LogP) is 0.804. The van der Waals surface area contributed by atoms with Crippen molar-refractivity contribution in [2.45, 2.75) is 36.2 Å². The van der Waals surface area contributed by atoms with Gasteiger partial charge in [-0.1, -0.05) is 12.1 Å².